The van der Waals surface area contributed by atoms with Gasteiger partial charge in [0.1, 0.15) is 5.76 Å². The van der Waals surface area contributed by atoms with Gasteiger partial charge in [0.15, 0.2) is 6.10 Å². The highest BCUT2D eigenvalue weighted by molar-refractivity contribution is 5.89. The Kier molecular flexibility index (Phi) is 3.05. The van der Waals surface area contributed by atoms with Gasteiger partial charge in [0, 0.05) is 0 Å². The minimum Gasteiger partial charge on any atom is -0.465 e. The monoisotopic (exact) mass is 216 g/mol. The fourth-order valence-electron chi connectivity index (χ4n) is 1.38. The van der Waals surface area contributed by atoms with E-state index in [1.165, 1.54) is 0 Å². The molecule has 0 saturated heterocycles. The van der Waals surface area contributed by atoms with Gasteiger partial charge in [0.05, 0.1) is 11.8 Å². The van der Waals surface area contributed by atoms with E-state index in [2.05, 4.69) is 0 Å². The molecule has 1 atom stereocenters. The summed E-state index contributed by atoms with van der Waals surface area (Å²) in [6.45, 7) is 1.78. The van der Waals surface area contributed by atoms with Gasteiger partial charge in [-0.05, 0) is 31.2 Å². The average molecular weight is 216 g/mol. The van der Waals surface area contributed by atoms with Crippen molar-refractivity contribution >= 4 is 5.97 Å². The first-order valence-electron chi connectivity index (χ1n) is 5.07. The summed E-state index contributed by atoms with van der Waals surface area (Å²) in [5.74, 6) is 0.300. The summed E-state index contributed by atoms with van der Waals surface area (Å²) >= 11 is 0. The molecule has 1 heterocycles. The second kappa shape index (κ2) is 4.66. The van der Waals surface area contributed by atoms with Crippen LogP contribution in [0, 0.1) is 0 Å². The van der Waals surface area contributed by atoms with Crippen molar-refractivity contribution in [3.63, 3.8) is 0 Å². The van der Waals surface area contributed by atoms with Gasteiger partial charge in [-0.15, -0.1) is 0 Å². The van der Waals surface area contributed by atoms with E-state index in [-0.39, 0.29) is 12.1 Å². The van der Waals surface area contributed by atoms with Gasteiger partial charge in [-0.3, -0.25) is 0 Å². The molecule has 0 spiro atoms. The predicted molar refractivity (Wildman–Crippen MR) is 59.0 cm³/mol. The molecular formula is C13H12O3. The van der Waals surface area contributed by atoms with Crippen LogP contribution in [-0.4, -0.2) is 5.97 Å². The number of hydrogen-bond donors (Lipinski definition) is 0. The summed E-state index contributed by atoms with van der Waals surface area (Å²) in [7, 11) is 0. The smallest absolute Gasteiger partial charge is 0.338 e. The maximum atomic E-state index is 11.7. The van der Waals surface area contributed by atoms with Crippen LogP contribution < -0.4 is 0 Å². The van der Waals surface area contributed by atoms with Gasteiger partial charge >= 0.3 is 5.97 Å². The summed E-state index contributed by atoms with van der Waals surface area (Å²) < 4.78 is 10.4. The summed E-state index contributed by atoms with van der Waals surface area (Å²) in [4.78, 5) is 11.7. The molecule has 16 heavy (non-hydrogen) atoms. The highest BCUT2D eigenvalue weighted by Gasteiger charge is 2.14. The Morgan fingerprint density at radius 1 is 1.19 bits per heavy atom. The van der Waals surface area contributed by atoms with E-state index < -0.39 is 0 Å². The van der Waals surface area contributed by atoms with Gasteiger partial charge in [-0.1, -0.05) is 18.2 Å². The predicted octanol–water partition coefficient (Wildman–Crippen LogP) is 3.20. The van der Waals surface area contributed by atoms with E-state index in [1.54, 1.807) is 49.6 Å². The fourth-order valence-corrected chi connectivity index (χ4v) is 1.38. The van der Waals surface area contributed by atoms with E-state index in [9.17, 15) is 4.79 Å². The van der Waals surface area contributed by atoms with Crippen LogP contribution in [0.25, 0.3) is 0 Å². The van der Waals surface area contributed by atoms with E-state index in [4.69, 9.17) is 9.15 Å². The molecule has 0 bridgehead atoms. The first-order chi connectivity index (χ1) is 7.77. The van der Waals surface area contributed by atoms with E-state index in [1.807, 2.05) is 6.07 Å². The quantitative estimate of drug-likeness (QED) is 0.739. The summed E-state index contributed by atoms with van der Waals surface area (Å²) in [5.41, 5.74) is 0.543. The largest absolute Gasteiger partial charge is 0.465 e. The molecule has 0 aliphatic heterocycles. The number of carbonyl (C=O) groups excluding carboxylic acids is 1. The first kappa shape index (κ1) is 10.5. The van der Waals surface area contributed by atoms with Crippen LogP contribution in [0.4, 0.5) is 0 Å². The zero-order valence-electron chi connectivity index (χ0n) is 8.92. The summed E-state index contributed by atoms with van der Waals surface area (Å²) in [6, 6.07) is 12.4. The van der Waals surface area contributed by atoms with Crippen molar-refractivity contribution in [3.05, 3.63) is 60.1 Å². The molecule has 2 aromatic rings. The zero-order chi connectivity index (χ0) is 11.4. The standard InChI is InChI=1S/C13H12O3/c1-10(12-8-5-9-15-12)16-13(14)11-6-3-2-4-7-11/h2-10H,1H3/t10-/m1/s1. The molecule has 2 rings (SSSR count). The molecule has 0 fully saturated rings. The number of ether oxygens (including phenoxy) is 1. The number of carbonyl (C=O) groups is 1. The third-order valence-corrected chi connectivity index (χ3v) is 2.24. The van der Waals surface area contributed by atoms with Crippen molar-refractivity contribution < 1.29 is 13.9 Å². The van der Waals surface area contributed by atoms with E-state index in [0.717, 1.165) is 0 Å². The molecule has 0 aliphatic rings. The lowest BCUT2D eigenvalue weighted by Crippen LogP contribution is -2.08. The minimum atomic E-state index is -0.372. The third-order valence-electron chi connectivity index (χ3n) is 2.24. The SMILES string of the molecule is C[C@@H](OC(=O)c1ccccc1)c1ccco1. The zero-order valence-corrected chi connectivity index (χ0v) is 8.92. The molecule has 0 aliphatic carbocycles. The molecule has 82 valence electrons. The molecule has 3 heteroatoms. The molecule has 0 N–H and O–H groups in total. The number of rotatable bonds is 3. The number of esters is 1. The molecule has 0 saturated carbocycles. The van der Waals surface area contributed by atoms with Gasteiger partial charge < -0.3 is 9.15 Å². The van der Waals surface area contributed by atoms with Crippen molar-refractivity contribution in [2.45, 2.75) is 13.0 Å². The fraction of sp³-hybridized carbons (Fsp3) is 0.154. The Balaban J connectivity index is 2.03. The van der Waals surface area contributed by atoms with Gasteiger partial charge in [0.2, 0.25) is 0 Å². The van der Waals surface area contributed by atoms with Crippen LogP contribution in [0.3, 0.4) is 0 Å². The summed E-state index contributed by atoms with van der Waals surface area (Å²) in [5, 5.41) is 0. The molecule has 0 unspecified atom stereocenters. The van der Waals surface area contributed by atoms with Gasteiger partial charge in [-0.2, -0.15) is 0 Å². The van der Waals surface area contributed by atoms with Crippen LogP contribution in [0.5, 0.6) is 0 Å². The number of benzene rings is 1. The minimum absolute atomic E-state index is 0.343. The molecular weight excluding hydrogens is 204 g/mol. The van der Waals surface area contributed by atoms with Crippen LogP contribution >= 0.6 is 0 Å². The molecule has 1 aromatic carbocycles. The van der Waals surface area contributed by atoms with E-state index in [0.29, 0.717) is 11.3 Å². The number of furan rings is 1. The van der Waals surface area contributed by atoms with Crippen LogP contribution in [-0.2, 0) is 4.74 Å². The third kappa shape index (κ3) is 2.31. The van der Waals surface area contributed by atoms with E-state index >= 15 is 0 Å². The highest BCUT2D eigenvalue weighted by atomic mass is 16.5. The molecule has 0 amide bonds. The molecule has 0 radical (unpaired) electrons. The lowest BCUT2D eigenvalue weighted by atomic mass is 10.2. The second-order valence-electron chi connectivity index (χ2n) is 3.43. The van der Waals surface area contributed by atoms with Crippen molar-refractivity contribution in [1.29, 1.82) is 0 Å². The average Bonchev–Trinajstić information content (AvgIpc) is 2.83. The normalized spacial score (nSPS) is 12.1. The van der Waals surface area contributed by atoms with Crippen LogP contribution in [0.1, 0.15) is 29.1 Å². The Morgan fingerprint density at radius 2 is 1.94 bits per heavy atom. The Morgan fingerprint density at radius 3 is 2.56 bits per heavy atom. The lowest BCUT2D eigenvalue weighted by molar-refractivity contribution is 0.0291. The maximum Gasteiger partial charge on any atom is 0.338 e. The van der Waals surface area contributed by atoms with Crippen molar-refractivity contribution in [2.75, 3.05) is 0 Å². The van der Waals surface area contributed by atoms with Gasteiger partial charge in [0.25, 0.3) is 0 Å². The van der Waals surface area contributed by atoms with Crippen molar-refractivity contribution in [1.82, 2.24) is 0 Å². The Hall–Kier alpha value is -2.03. The molecule has 1 aromatic heterocycles. The number of hydrogen-bond acceptors (Lipinski definition) is 3. The van der Waals surface area contributed by atoms with Crippen LogP contribution in [0.2, 0.25) is 0 Å². The maximum absolute atomic E-state index is 11.7. The topological polar surface area (TPSA) is 39.4 Å². The summed E-state index contributed by atoms with van der Waals surface area (Å²) in [6.07, 6.45) is 1.19. The Bertz CT molecular complexity index is 445. The Labute approximate surface area is 93.7 Å². The lowest BCUT2D eigenvalue weighted by Gasteiger charge is -2.10. The highest BCUT2D eigenvalue weighted by Crippen LogP contribution is 2.18. The second-order valence-corrected chi connectivity index (χ2v) is 3.43. The van der Waals surface area contributed by atoms with Crippen molar-refractivity contribution in [2.24, 2.45) is 0 Å². The van der Waals surface area contributed by atoms with Gasteiger partial charge in [-0.25, -0.2) is 4.79 Å². The first-order valence-corrected chi connectivity index (χ1v) is 5.07. The molecule has 3 nitrogen and oxygen atoms in total. The van der Waals surface area contributed by atoms with Crippen LogP contribution in [0.15, 0.2) is 53.1 Å². The van der Waals surface area contributed by atoms with Crippen molar-refractivity contribution in [3.8, 4) is 0 Å².